The maximum absolute atomic E-state index is 4.19. The van der Waals surface area contributed by atoms with Gasteiger partial charge in [-0.15, -0.1) is 5.10 Å². The van der Waals surface area contributed by atoms with Crippen molar-refractivity contribution >= 4 is 47.8 Å². The van der Waals surface area contributed by atoms with E-state index >= 15 is 0 Å². The summed E-state index contributed by atoms with van der Waals surface area (Å²) in [5.41, 5.74) is 1.18. The van der Waals surface area contributed by atoms with E-state index in [0.29, 0.717) is 11.3 Å². The molecule has 0 amide bonds. The van der Waals surface area contributed by atoms with E-state index < -0.39 is 0 Å². The normalized spacial score (nSPS) is 10.6. The zero-order valence-corrected chi connectivity index (χ0v) is 12.3. The number of hydrogen-bond donors (Lipinski definition) is 0. The minimum Gasteiger partial charge on any atom is -0.235 e. The molecule has 1 heterocycles. The average molecular weight is 396 g/mol. The first-order valence-electron chi connectivity index (χ1n) is 4.15. The van der Waals surface area contributed by atoms with Crippen LogP contribution in [-0.4, -0.2) is 14.8 Å². The Bertz CT molecular complexity index is 464. The zero-order chi connectivity index (χ0) is 10.8. The van der Waals surface area contributed by atoms with Crippen molar-refractivity contribution in [2.75, 3.05) is 0 Å². The van der Waals surface area contributed by atoms with E-state index in [2.05, 4.69) is 57.9 Å². The monoisotopic (exact) mass is 393 g/mol. The van der Waals surface area contributed by atoms with Crippen LogP contribution in [0.4, 0.5) is 0 Å². The largest absolute Gasteiger partial charge is 0.235 e. The summed E-state index contributed by atoms with van der Waals surface area (Å²) in [6.07, 6.45) is 0. The summed E-state index contributed by atoms with van der Waals surface area (Å²) >= 11 is 9.96. The molecule has 0 saturated heterocycles. The molecular formula is C9H6Br3N3. The smallest absolute Gasteiger partial charge is 0.218 e. The summed E-state index contributed by atoms with van der Waals surface area (Å²) in [7, 11) is 0. The standard InChI is InChI=1S/C9H6Br3N3/c10-7-3-1-6(2-4-7)5-15-9(12)13-8(11)14-15/h1-4H,5H2. The van der Waals surface area contributed by atoms with Crippen LogP contribution in [0.1, 0.15) is 5.56 Å². The van der Waals surface area contributed by atoms with Gasteiger partial charge in [-0.05, 0) is 49.6 Å². The lowest BCUT2D eigenvalue weighted by Crippen LogP contribution is -2.01. The highest BCUT2D eigenvalue weighted by Crippen LogP contribution is 2.15. The molecule has 78 valence electrons. The number of benzene rings is 1. The Balaban J connectivity index is 2.21. The van der Waals surface area contributed by atoms with Gasteiger partial charge in [0, 0.05) is 4.47 Å². The summed E-state index contributed by atoms with van der Waals surface area (Å²) in [6.45, 7) is 0.701. The predicted molar refractivity (Wildman–Crippen MR) is 68.7 cm³/mol. The number of rotatable bonds is 2. The Morgan fingerprint density at radius 3 is 2.27 bits per heavy atom. The van der Waals surface area contributed by atoms with Crippen LogP contribution in [0.25, 0.3) is 0 Å². The molecule has 2 aromatic rings. The van der Waals surface area contributed by atoms with Crippen molar-refractivity contribution in [1.29, 1.82) is 0 Å². The molecule has 2 rings (SSSR count). The van der Waals surface area contributed by atoms with Crippen molar-refractivity contribution < 1.29 is 0 Å². The maximum Gasteiger partial charge on any atom is 0.218 e. The van der Waals surface area contributed by atoms with Gasteiger partial charge in [0.2, 0.25) is 4.73 Å². The summed E-state index contributed by atoms with van der Waals surface area (Å²) in [6, 6.07) is 8.11. The average Bonchev–Trinajstić information content (AvgIpc) is 2.49. The van der Waals surface area contributed by atoms with E-state index in [4.69, 9.17) is 0 Å². The van der Waals surface area contributed by atoms with Gasteiger partial charge in [-0.2, -0.15) is 4.98 Å². The summed E-state index contributed by atoms with van der Waals surface area (Å²) in [5, 5.41) is 4.19. The Morgan fingerprint density at radius 1 is 1.07 bits per heavy atom. The lowest BCUT2D eigenvalue weighted by Gasteiger charge is -2.02. The fourth-order valence-corrected chi connectivity index (χ4v) is 2.39. The second-order valence-electron chi connectivity index (χ2n) is 2.93. The van der Waals surface area contributed by atoms with E-state index in [1.165, 1.54) is 5.56 Å². The van der Waals surface area contributed by atoms with Gasteiger partial charge in [-0.3, -0.25) is 0 Å². The number of aromatic nitrogens is 3. The Labute approximate surface area is 112 Å². The SMILES string of the molecule is Brc1ccc(Cn2nc(Br)nc2Br)cc1. The molecular weight excluding hydrogens is 390 g/mol. The molecule has 0 bridgehead atoms. The van der Waals surface area contributed by atoms with Gasteiger partial charge in [-0.25, -0.2) is 4.68 Å². The zero-order valence-electron chi connectivity index (χ0n) is 7.49. The molecule has 0 atom stereocenters. The molecule has 0 radical (unpaired) electrons. The van der Waals surface area contributed by atoms with Crippen LogP contribution in [-0.2, 0) is 6.54 Å². The van der Waals surface area contributed by atoms with Gasteiger partial charge in [0.15, 0.2) is 4.73 Å². The molecule has 15 heavy (non-hydrogen) atoms. The van der Waals surface area contributed by atoms with Crippen molar-refractivity contribution in [3.05, 3.63) is 43.8 Å². The van der Waals surface area contributed by atoms with Crippen LogP contribution in [0.3, 0.4) is 0 Å². The third-order valence-electron chi connectivity index (χ3n) is 1.85. The second kappa shape index (κ2) is 4.76. The van der Waals surface area contributed by atoms with Gasteiger partial charge < -0.3 is 0 Å². The molecule has 0 fully saturated rings. The Morgan fingerprint density at radius 2 is 1.73 bits per heavy atom. The molecule has 0 unspecified atom stereocenters. The fraction of sp³-hybridized carbons (Fsp3) is 0.111. The third kappa shape index (κ3) is 2.89. The highest BCUT2D eigenvalue weighted by molar-refractivity contribution is 9.11. The molecule has 0 N–H and O–H groups in total. The van der Waals surface area contributed by atoms with Gasteiger partial charge in [0.1, 0.15) is 0 Å². The molecule has 0 aliphatic rings. The van der Waals surface area contributed by atoms with Gasteiger partial charge in [-0.1, -0.05) is 28.1 Å². The minimum absolute atomic E-state index is 0.589. The van der Waals surface area contributed by atoms with Crippen LogP contribution in [0.5, 0.6) is 0 Å². The van der Waals surface area contributed by atoms with Crippen LogP contribution in [0.15, 0.2) is 38.2 Å². The quantitative estimate of drug-likeness (QED) is 0.777. The number of halogens is 3. The van der Waals surface area contributed by atoms with E-state index in [-0.39, 0.29) is 0 Å². The topological polar surface area (TPSA) is 30.7 Å². The first kappa shape index (κ1) is 11.3. The van der Waals surface area contributed by atoms with Gasteiger partial charge >= 0.3 is 0 Å². The van der Waals surface area contributed by atoms with Gasteiger partial charge in [0.25, 0.3) is 0 Å². The second-order valence-corrected chi connectivity index (χ2v) is 5.27. The van der Waals surface area contributed by atoms with Crippen LogP contribution < -0.4 is 0 Å². The third-order valence-corrected chi connectivity index (χ3v) is 3.30. The van der Waals surface area contributed by atoms with Crippen LogP contribution in [0.2, 0.25) is 0 Å². The molecule has 1 aromatic heterocycles. The molecule has 1 aromatic carbocycles. The van der Waals surface area contributed by atoms with Crippen molar-refractivity contribution in [2.24, 2.45) is 0 Å². The van der Waals surface area contributed by atoms with Gasteiger partial charge in [0.05, 0.1) is 6.54 Å². The fourth-order valence-electron chi connectivity index (χ4n) is 1.16. The van der Waals surface area contributed by atoms with E-state index in [1.807, 2.05) is 24.3 Å². The summed E-state index contributed by atoms with van der Waals surface area (Å²) in [4.78, 5) is 4.10. The molecule has 0 aliphatic carbocycles. The maximum atomic E-state index is 4.19. The highest BCUT2D eigenvalue weighted by atomic mass is 79.9. The number of hydrogen-bond acceptors (Lipinski definition) is 2. The van der Waals surface area contributed by atoms with E-state index in [1.54, 1.807) is 4.68 Å². The summed E-state index contributed by atoms with van der Waals surface area (Å²) in [5.74, 6) is 0. The molecule has 0 aliphatic heterocycles. The number of nitrogens with zero attached hydrogens (tertiary/aromatic N) is 3. The summed E-state index contributed by atoms with van der Waals surface area (Å²) < 4.78 is 4.17. The van der Waals surface area contributed by atoms with E-state index in [9.17, 15) is 0 Å². The van der Waals surface area contributed by atoms with Crippen molar-refractivity contribution in [1.82, 2.24) is 14.8 Å². The van der Waals surface area contributed by atoms with Crippen LogP contribution >= 0.6 is 47.8 Å². The lowest BCUT2D eigenvalue weighted by atomic mass is 10.2. The molecule has 3 nitrogen and oxygen atoms in total. The van der Waals surface area contributed by atoms with Crippen LogP contribution in [0, 0.1) is 0 Å². The Kier molecular flexibility index (Phi) is 3.58. The highest BCUT2D eigenvalue weighted by Gasteiger charge is 2.05. The first-order chi connectivity index (χ1) is 7.15. The molecule has 6 heteroatoms. The minimum atomic E-state index is 0.589. The first-order valence-corrected chi connectivity index (χ1v) is 6.53. The molecule has 0 spiro atoms. The van der Waals surface area contributed by atoms with E-state index in [0.717, 1.165) is 9.21 Å². The Hall–Kier alpha value is -0.200. The van der Waals surface area contributed by atoms with Crippen molar-refractivity contribution in [2.45, 2.75) is 6.54 Å². The van der Waals surface area contributed by atoms with Crippen molar-refractivity contribution in [3.8, 4) is 0 Å². The lowest BCUT2D eigenvalue weighted by molar-refractivity contribution is 0.664. The predicted octanol–water partition coefficient (Wildman–Crippen LogP) is 3.61. The molecule has 0 saturated carbocycles. The van der Waals surface area contributed by atoms with Crippen molar-refractivity contribution in [3.63, 3.8) is 0 Å².